The number of nitrogens with zero attached hydrogens (tertiary/aromatic N) is 2. The fourth-order valence-corrected chi connectivity index (χ4v) is 5.89. The number of pyridine rings is 2. The highest BCUT2D eigenvalue weighted by Crippen LogP contribution is 2.42. The standard InChI is InChI=1S/C27H28F6N2O2/c1-6-17-14(3)19-12-16(26(28,29)30)11-15(23(19)35(5)24(17)36)10-13(2)21-22(27(31,32)33)18-8-7-9-20(18)34(4)25(21)37/h11-13H,6-10H2,1-5H3. The molecule has 10 heteroatoms. The van der Waals surface area contributed by atoms with Gasteiger partial charge in [0.05, 0.1) is 16.6 Å². The van der Waals surface area contributed by atoms with Crippen molar-refractivity contribution in [2.45, 2.75) is 71.1 Å². The summed E-state index contributed by atoms with van der Waals surface area (Å²) in [6.45, 7) is 4.73. The molecule has 1 aromatic carbocycles. The normalized spacial score (nSPS) is 14.9. The van der Waals surface area contributed by atoms with E-state index in [1.54, 1.807) is 13.8 Å². The van der Waals surface area contributed by atoms with E-state index in [9.17, 15) is 35.9 Å². The lowest BCUT2D eigenvalue weighted by Gasteiger charge is -2.24. The Hall–Kier alpha value is -3.04. The molecule has 0 saturated carbocycles. The summed E-state index contributed by atoms with van der Waals surface area (Å²) in [5, 5.41) is 0.217. The van der Waals surface area contributed by atoms with Crippen LogP contribution in [0.3, 0.4) is 0 Å². The van der Waals surface area contributed by atoms with E-state index in [1.165, 1.54) is 30.2 Å². The third kappa shape index (κ3) is 4.38. The average molecular weight is 527 g/mol. The summed E-state index contributed by atoms with van der Waals surface area (Å²) in [6, 6.07) is 1.86. The van der Waals surface area contributed by atoms with E-state index in [2.05, 4.69) is 0 Å². The van der Waals surface area contributed by atoms with Crippen molar-refractivity contribution >= 4 is 10.9 Å². The number of hydrogen-bond acceptors (Lipinski definition) is 2. The maximum absolute atomic E-state index is 14.3. The monoisotopic (exact) mass is 526 g/mol. The van der Waals surface area contributed by atoms with Gasteiger partial charge in [-0.2, -0.15) is 26.3 Å². The van der Waals surface area contributed by atoms with Crippen LogP contribution in [0.15, 0.2) is 21.7 Å². The lowest BCUT2D eigenvalue weighted by atomic mass is 9.86. The highest BCUT2D eigenvalue weighted by atomic mass is 19.4. The van der Waals surface area contributed by atoms with Crippen LogP contribution in [0.5, 0.6) is 0 Å². The van der Waals surface area contributed by atoms with Crippen LogP contribution in [0.4, 0.5) is 26.3 Å². The van der Waals surface area contributed by atoms with E-state index in [0.717, 1.165) is 12.1 Å². The molecule has 200 valence electrons. The zero-order valence-corrected chi connectivity index (χ0v) is 21.2. The van der Waals surface area contributed by atoms with Crippen LogP contribution in [-0.4, -0.2) is 9.13 Å². The van der Waals surface area contributed by atoms with Crippen LogP contribution in [0.25, 0.3) is 10.9 Å². The first kappa shape index (κ1) is 27.0. The van der Waals surface area contributed by atoms with Crippen molar-refractivity contribution in [3.8, 4) is 0 Å². The maximum Gasteiger partial charge on any atom is 0.417 e. The molecule has 2 aromatic heterocycles. The van der Waals surface area contributed by atoms with Gasteiger partial charge in [-0.25, -0.2) is 0 Å². The van der Waals surface area contributed by atoms with Gasteiger partial charge in [-0.05, 0) is 73.8 Å². The number of halogens is 6. The highest BCUT2D eigenvalue weighted by molar-refractivity contribution is 5.87. The molecular weight excluding hydrogens is 498 g/mol. The van der Waals surface area contributed by atoms with E-state index in [4.69, 9.17) is 0 Å². The minimum absolute atomic E-state index is 0.0679. The van der Waals surface area contributed by atoms with Gasteiger partial charge in [0.25, 0.3) is 11.1 Å². The molecule has 4 rings (SSSR count). The highest BCUT2D eigenvalue weighted by Gasteiger charge is 2.42. The lowest BCUT2D eigenvalue weighted by Crippen LogP contribution is -2.32. The smallest absolute Gasteiger partial charge is 0.315 e. The second-order valence-electron chi connectivity index (χ2n) is 9.89. The summed E-state index contributed by atoms with van der Waals surface area (Å²) in [7, 11) is 2.88. The second kappa shape index (κ2) is 9.06. The molecule has 1 aliphatic rings. The van der Waals surface area contributed by atoms with Gasteiger partial charge in [0.15, 0.2) is 0 Å². The fourth-order valence-electron chi connectivity index (χ4n) is 5.89. The average Bonchev–Trinajstić information content (AvgIpc) is 3.27. The van der Waals surface area contributed by atoms with Gasteiger partial charge in [0.2, 0.25) is 0 Å². The van der Waals surface area contributed by atoms with Crippen LogP contribution < -0.4 is 11.1 Å². The first-order valence-electron chi connectivity index (χ1n) is 12.1. The van der Waals surface area contributed by atoms with Gasteiger partial charge >= 0.3 is 12.4 Å². The third-order valence-electron chi connectivity index (χ3n) is 7.63. The fraction of sp³-hybridized carbons (Fsp3) is 0.481. The summed E-state index contributed by atoms with van der Waals surface area (Å²) < 4.78 is 87.0. The molecule has 0 aliphatic heterocycles. The molecule has 0 radical (unpaired) electrons. The topological polar surface area (TPSA) is 44.0 Å². The molecule has 0 spiro atoms. The number of aryl methyl sites for hydroxylation is 2. The quantitative estimate of drug-likeness (QED) is 0.393. The third-order valence-corrected chi connectivity index (χ3v) is 7.63. The van der Waals surface area contributed by atoms with Gasteiger partial charge in [-0.3, -0.25) is 9.59 Å². The Morgan fingerprint density at radius 2 is 1.59 bits per heavy atom. The number of fused-ring (bicyclic) bond motifs is 2. The van der Waals surface area contributed by atoms with Crippen LogP contribution in [0.1, 0.15) is 70.8 Å². The summed E-state index contributed by atoms with van der Waals surface area (Å²) >= 11 is 0. The molecule has 3 aromatic rings. The summed E-state index contributed by atoms with van der Waals surface area (Å²) in [6.07, 6.45) is -8.44. The van der Waals surface area contributed by atoms with Gasteiger partial charge in [0, 0.05) is 36.3 Å². The van der Waals surface area contributed by atoms with Gasteiger partial charge in [-0.15, -0.1) is 0 Å². The zero-order chi connectivity index (χ0) is 27.6. The molecule has 1 unspecified atom stereocenters. The predicted octanol–water partition coefficient (Wildman–Crippen LogP) is 5.98. The number of alkyl halides is 6. The van der Waals surface area contributed by atoms with E-state index in [1.807, 2.05) is 0 Å². The van der Waals surface area contributed by atoms with Crippen molar-refractivity contribution < 1.29 is 26.3 Å². The van der Waals surface area contributed by atoms with Crippen LogP contribution >= 0.6 is 0 Å². The SMILES string of the molecule is CCc1c(C)c2cc(C(F)(F)F)cc(CC(C)c3c(C(F)(F)F)c4c(n(C)c3=O)CCC4)c2n(C)c1=O. The van der Waals surface area contributed by atoms with Gasteiger partial charge in [-0.1, -0.05) is 13.8 Å². The maximum atomic E-state index is 14.3. The number of aromatic nitrogens is 2. The molecule has 0 amide bonds. The molecular formula is C27H28F6N2O2. The van der Waals surface area contributed by atoms with E-state index in [0.29, 0.717) is 36.1 Å². The number of rotatable bonds is 4. The van der Waals surface area contributed by atoms with Crippen molar-refractivity contribution in [1.29, 1.82) is 0 Å². The van der Waals surface area contributed by atoms with Crippen LogP contribution in [-0.2, 0) is 52.1 Å². The summed E-state index contributed by atoms with van der Waals surface area (Å²) in [4.78, 5) is 26.2. The van der Waals surface area contributed by atoms with Gasteiger partial charge in [0.1, 0.15) is 0 Å². The predicted molar refractivity (Wildman–Crippen MR) is 129 cm³/mol. The number of benzene rings is 1. The minimum Gasteiger partial charge on any atom is -0.315 e. The molecule has 0 N–H and O–H groups in total. The van der Waals surface area contributed by atoms with Crippen molar-refractivity contribution in [3.05, 3.63) is 77.5 Å². The Balaban J connectivity index is 2.01. The largest absolute Gasteiger partial charge is 0.417 e. The Labute approximate surface area is 209 Å². The van der Waals surface area contributed by atoms with Crippen molar-refractivity contribution in [2.75, 3.05) is 0 Å². The Morgan fingerprint density at radius 1 is 0.946 bits per heavy atom. The summed E-state index contributed by atoms with van der Waals surface area (Å²) in [5.41, 5.74) is -2.03. The molecule has 1 aliphatic carbocycles. The zero-order valence-electron chi connectivity index (χ0n) is 21.2. The molecule has 37 heavy (non-hydrogen) atoms. The molecule has 1 atom stereocenters. The van der Waals surface area contributed by atoms with Crippen molar-refractivity contribution in [1.82, 2.24) is 9.13 Å². The van der Waals surface area contributed by atoms with E-state index >= 15 is 0 Å². The first-order valence-corrected chi connectivity index (χ1v) is 12.1. The van der Waals surface area contributed by atoms with E-state index in [-0.39, 0.29) is 40.4 Å². The summed E-state index contributed by atoms with van der Waals surface area (Å²) in [5.74, 6) is -1.06. The molecule has 0 bridgehead atoms. The Kier molecular flexibility index (Phi) is 6.61. The molecule has 0 fully saturated rings. The van der Waals surface area contributed by atoms with E-state index < -0.39 is 40.5 Å². The molecule has 4 nitrogen and oxygen atoms in total. The van der Waals surface area contributed by atoms with Crippen molar-refractivity contribution in [2.24, 2.45) is 14.1 Å². The molecule has 2 heterocycles. The van der Waals surface area contributed by atoms with Crippen LogP contribution in [0.2, 0.25) is 0 Å². The molecule has 0 saturated heterocycles. The Bertz CT molecular complexity index is 1530. The number of hydrogen-bond donors (Lipinski definition) is 0. The minimum atomic E-state index is -4.79. The van der Waals surface area contributed by atoms with Gasteiger partial charge < -0.3 is 9.13 Å². The Morgan fingerprint density at radius 3 is 2.16 bits per heavy atom. The first-order chi connectivity index (χ1) is 17.1. The van der Waals surface area contributed by atoms with Crippen LogP contribution in [0, 0.1) is 6.92 Å². The second-order valence-corrected chi connectivity index (χ2v) is 9.89. The lowest BCUT2D eigenvalue weighted by molar-refractivity contribution is -0.139. The van der Waals surface area contributed by atoms with Crippen molar-refractivity contribution in [3.63, 3.8) is 0 Å².